The number of carbonyl (C=O) groups is 1. The molecule has 3 saturated heterocycles. The average Bonchev–Trinajstić information content (AvgIpc) is 3.23. The molecular weight excluding hydrogens is 494 g/mol. The molecule has 3 aliphatic rings. The van der Waals surface area contributed by atoms with Crippen molar-refractivity contribution < 1.29 is 4.79 Å². The molecule has 4 rings (SSSR count). The Labute approximate surface area is 234 Å². The summed E-state index contributed by atoms with van der Waals surface area (Å²) in [4.78, 5) is 26.3. The van der Waals surface area contributed by atoms with Crippen molar-refractivity contribution in [3.63, 3.8) is 0 Å². The van der Waals surface area contributed by atoms with E-state index in [1.54, 1.807) is 0 Å². The molecule has 0 aromatic heterocycles. The molecule has 8 nitrogen and oxygen atoms in total. The number of aliphatic imine (C=N–C) groups is 1. The van der Waals surface area contributed by atoms with Crippen molar-refractivity contribution in [2.24, 2.45) is 10.9 Å². The Hall–Kier alpha value is -2.65. The predicted molar refractivity (Wildman–Crippen MR) is 161 cm³/mol. The SMILES string of the molecule is C=N/C(=C(/C)N(C)NC(=S)N1CCC(C(=O)N2CCN(C)CC2)CC1)c1ccc(N2CCCCCC2)cc1. The van der Waals surface area contributed by atoms with E-state index >= 15 is 0 Å². The van der Waals surface area contributed by atoms with Gasteiger partial charge in [0.05, 0.1) is 11.4 Å². The molecule has 38 heavy (non-hydrogen) atoms. The summed E-state index contributed by atoms with van der Waals surface area (Å²) in [5, 5.41) is 2.61. The zero-order chi connectivity index (χ0) is 27.1. The van der Waals surface area contributed by atoms with Crippen LogP contribution in [0.15, 0.2) is 35.0 Å². The number of benzene rings is 1. The van der Waals surface area contributed by atoms with Gasteiger partial charge in [-0.2, -0.15) is 0 Å². The molecule has 0 spiro atoms. The number of likely N-dealkylation sites (tertiary alicyclic amines) is 1. The first-order chi connectivity index (χ1) is 18.4. The molecular formula is C29H45N7OS. The van der Waals surface area contributed by atoms with Gasteiger partial charge in [-0.25, -0.2) is 0 Å². The Kier molecular flexibility index (Phi) is 10.0. The Morgan fingerprint density at radius 2 is 1.55 bits per heavy atom. The summed E-state index contributed by atoms with van der Waals surface area (Å²) < 4.78 is 0. The number of thiocarbonyl (C=S) groups is 1. The van der Waals surface area contributed by atoms with Crippen LogP contribution in [-0.4, -0.2) is 104 Å². The van der Waals surface area contributed by atoms with Crippen LogP contribution < -0.4 is 10.3 Å². The molecule has 0 saturated carbocycles. The fourth-order valence-corrected chi connectivity index (χ4v) is 5.96. The Morgan fingerprint density at radius 1 is 0.947 bits per heavy atom. The third kappa shape index (κ3) is 7.05. The smallest absolute Gasteiger partial charge is 0.225 e. The molecule has 9 heteroatoms. The van der Waals surface area contributed by atoms with Gasteiger partial charge in [0.1, 0.15) is 0 Å². The highest BCUT2D eigenvalue weighted by Gasteiger charge is 2.30. The van der Waals surface area contributed by atoms with Crippen molar-refractivity contribution in [1.29, 1.82) is 0 Å². The third-order valence-electron chi connectivity index (χ3n) is 8.33. The molecule has 0 aliphatic carbocycles. The maximum absolute atomic E-state index is 13.0. The van der Waals surface area contributed by atoms with Crippen molar-refractivity contribution in [1.82, 2.24) is 25.1 Å². The van der Waals surface area contributed by atoms with Gasteiger partial charge in [0.25, 0.3) is 0 Å². The number of nitrogens with zero attached hydrogens (tertiary/aromatic N) is 6. The van der Waals surface area contributed by atoms with Crippen molar-refractivity contribution in [2.45, 2.75) is 45.4 Å². The lowest BCUT2D eigenvalue weighted by atomic mass is 9.95. The van der Waals surface area contributed by atoms with Crippen LogP contribution in [0.2, 0.25) is 0 Å². The van der Waals surface area contributed by atoms with E-state index in [1.807, 2.05) is 23.9 Å². The number of hydrogen-bond acceptors (Lipinski definition) is 6. The van der Waals surface area contributed by atoms with Gasteiger partial charge in [-0.15, -0.1) is 0 Å². The van der Waals surface area contributed by atoms with Crippen LogP contribution in [0.3, 0.4) is 0 Å². The highest BCUT2D eigenvalue weighted by molar-refractivity contribution is 7.80. The van der Waals surface area contributed by atoms with Crippen molar-refractivity contribution in [3.8, 4) is 0 Å². The van der Waals surface area contributed by atoms with Crippen LogP contribution in [0, 0.1) is 5.92 Å². The van der Waals surface area contributed by atoms with Crippen molar-refractivity contribution in [3.05, 3.63) is 35.5 Å². The first kappa shape index (κ1) is 28.4. The lowest BCUT2D eigenvalue weighted by molar-refractivity contribution is -0.138. The number of hydrazine groups is 1. The lowest BCUT2D eigenvalue weighted by Crippen LogP contribution is -2.53. The standard InChI is InChI=1S/C29H45N7OS/c1-23(27(30-2)24-9-11-26(12-10-24)34-15-7-5-6-8-16-34)33(4)31-29(38)36-17-13-25(14-18-36)28(37)35-21-19-32(3)20-22-35/h9-12,25H,2,5-8,13-22H2,1,3-4H3,(H,31,38)/b27-23-. The van der Waals surface area contributed by atoms with E-state index in [-0.39, 0.29) is 5.92 Å². The quantitative estimate of drug-likeness (QED) is 0.336. The summed E-state index contributed by atoms with van der Waals surface area (Å²) in [6, 6.07) is 8.68. The molecule has 0 radical (unpaired) electrons. The minimum Gasteiger partial charge on any atom is -0.372 e. The van der Waals surface area contributed by atoms with E-state index in [0.29, 0.717) is 11.0 Å². The van der Waals surface area contributed by atoms with E-state index in [4.69, 9.17) is 12.2 Å². The Morgan fingerprint density at radius 3 is 2.13 bits per heavy atom. The van der Waals surface area contributed by atoms with Gasteiger partial charge in [-0.3, -0.25) is 20.2 Å². The van der Waals surface area contributed by atoms with Gasteiger partial charge in [-0.05, 0) is 70.7 Å². The summed E-state index contributed by atoms with van der Waals surface area (Å²) >= 11 is 5.75. The highest BCUT2D eigenvalue weighted by Crippen LogP contribution is 2.26. The number of amides is 1. The Bertz CT molecular complexity index is 987. The normalized spacial score (nSPS) is 20.4. The maximum Gasteiger partial charge on any atom is 0.225 e. The van der Waals surface area contributed by atoms with E-state index in [1.165, 1.54) is 31.4 Å². The number of anilines is 1. The second-order valence-corrected chi connectivity index (χ2v) is 11.3. The van der Waals surface area contributed by atoms with E-state index in [2.05, 4.69) is 63.1 Å². The lowest BCUT2D eigenvalue weighted by Gasteiger charge is -2.38. The van der Waals surface area contributed by atoms with Gasteiger partial charge < -0.3 is 19.6 Å². The number of nitrogens with one attached hydrogen (secondary N) is 1. The first-order valence-corrected chi connectivity index (χ1v) is 14.6. The van der Waals surface area contributed by atoms with Crippen molar-refractivity contribution >= 4 is 41.3 Å². The molecule has 1 aromatic carbocycles. The molecule has 1 aromatic rings. The molecule has 3 fully saturated rings. The zero-order valence-electron chi connectivity index (χ0n) is 23.5. The Balaban J connectivity index is 1.31. The minimum absolute atomic E-state index is 0.102. The summed E-state index contributed by atoms with van der Waals surface area (Å²) in [5.41, 5.74) is 7.45. The molecule has 3 aliphatic heterocycles. The van der Waals surface area contributed by atoms with Crippen LogP contribution in [0.1, 0.15) is 51.0 Å². The number of piperazine rings is 1. The van der Waals surface area contributed by atoms with Crippen LogP contribution in [0.4, 0.5) is 5.69 Å². The summed E-state index contributed by atoms with van der Waals surface area (Å²) in [5.74, 6) is 0.418. The molecule has 1 amide bonds. The number of piperidine rings is 1. The summed E-state index contributed by atoms with van der Waals surface area (Å²) in [6.45, 7) is 13.3. The third-order valence-corrected chi connectivity index (χ3v) is 8.68. The average molecular weight is 540 g/mol. The highest BCUT2D eigenvalue weighted by atomic mass is 32.1. The number of carbonyl (C=O) groups excluding carboxylic acids is 1. The van der Waals surface area contributed by atoms with Gasteiger partial charge in [0, 0.05) is 76.6 Å². The fourth-order valence-electron chi connectivity index (χ4n) is 5.65. The van der Waals surface area contributed by atoms with Gasteiger partial charge in [0.15, 0.2) is 5.11 Å². The van der Waals surface area contributed by atoms with Crippen LogP contribution in [0.25, 0.3) is 5.70 Å². The van der Waals surface area contributed by atoms with E-state index in [9.17, 15) is 4.79 Å². The second kappa shape index (κ2) is 13.4. The molecule has 1 N–H and O–H groups in total. The van der Waals surface area contributed by atoms with Crippen LogP contribution in [-0.2, 0) is 4.79 Å². The molecule has 0 atom stereocenters. The summed E-state index contributed by atoms with van der Waals surface area (Å²) in [7, 11) is 4.07. The van der Waals surface area contributed by atoms with Gasteiger partial charge in [0.2, 0.25) is 5.91 Å². The zero-order valence-corrected chi connectivity index (χ0v) is 24.3. The molecule has 3 heterocycles. The molecule has 208 valence electrons. The number of likely N-dealkylation sites (N-methyl/N-ethyl adjacent to an activating group) is 1. The van der Waals surface area contributed by atoms with Gasteiger partial charge >= 0.3 is 0 Å². The van der Waals surface area contributed by atoms with Crippen molar-refractivity contribution in [2.75, 3.05) is 71.4 Å². The molecule has 0 bridgehead atoms. The number of rotatable bonds is 6. The minimum atomic E-state index is 0.102. The second-order valence-electron chi connectivity index (χ2n) is 10.9. The van der Waals surface area contributed by atoms with Crippen LogP contribution >= 0.6 is 12.2 Å². The number of allylic oxidation sites excluding steroid dienone is 1. The van der Waals surface area contributed by atoms with E-state index < -0.39 is 0 Å². The molecule has 0 unspecified atom stereocenters. The topological polar surface area (TPSA) is 57.7 Å². The van der Waals surface area contributed by atoms with Gasteiger partial charge in [-0.1, -0.05) is 25.0 Å². The van der Waals surface area contributed by atoms with Crippen LogP contribution in [0.5, 0.6) is 0 Å². The maximum atomic E-state index is 13.0. The fraction of sp³-hybridized carbons (Fsp3) is 0.621. The summed E-state index contributed by atoms with van der Waals surface area (Å²) in [6.07, 6.45) is 6.87. The first-order valence-electron chi connectivity index (χ1n) is 14.2. The largest absolute Gasteiger partial charge is 0.372 e. The monoisotopic (exact) mass is 539 g/mol. The van der Waals surface area contributed by atoms with E-state index in [0.717, 1.165) is 82.2 Å². The predicted octanol–water partition coefficient (Wildman–Crippen LogP) is 3.66. The number of hydrogen-bond donors (Lipinski definition) is 1.